The summed E-state index contributed by atoms with van der Waals surface area (Å²) in [5.74, 6) is -2.23. The fourth-order valence-electron chi connectivity index (χ4n) is 3.67. The number of allylic oxidation sites excluding steroid dienone is 1. The molecule has 0 radical (unpaired) electrons. The largest absolute Gasteiger partial charge is 0.493 e. The first-order valence-electron chi connectivity index (χ1n) is 9.49. The van der Waals surface area contributed by atoms with Crippen LogP contribution in [0.3, 0.4) is 0 Å². The summed E-state index contributed by atoms with van der Waals surface area (Å²) < 4.78 is 16.9. The van der Waals surface area contributed by atoms with Gasteiger partial charge in [-0.2, -0.15) is 5.26 Å². The second-order valence-electron chi connectivity index (χ2n) is 6.75. The van der Waals surface area contributed by atoms with E-state index >= 15 is 0 Å². The predicted molar refractivity (Wildman–Crippen MR) is 133 cm³/mol. The minimum Gasteiger partial charge on any atom is -0.493 e. The van der Waals surface area contributed by atoms with E-state index in [9.17, 15) is 14.9 Å². The normalized spacial score (nSPS) is 15.8. The molecule has 1 aliphatic heterocycles. The summed E-state index contributed by atoms with van der Waals surface area (Å²) in [6.07, 6.45) is 0. The number of halogens is 2. The number of carbonyl (C=O) groups excluding carboxylic acids is 2. The molecule has 2 aromatic carbocycles. The molecule has 3 rings (SSSR count). The van der Waals surface area contributed by atoms with Gasteiger partial charge in [0.15, 0.2) is 5.75 Å². The number of nitrogens with two attached hydrogens (primary N) is 1. The van der Waals surface area contributed by atoms with Gasteiger partial charge in [0.25, 0.3) is 0 Å². The molecule has 2 aromatic rings. The van der Waals surface area contributed by atoms with E-state index < -0.39 is 17.9 Å². The van der Waals surface area contributed by atoms with Crippen molar-refractivity contribution in [1.82, 2.24) is 0 Å². The second-order valence-corrected chi connectivity index (χ2v) is 8.76. The number of nitriles is 1. The van der Waals surface area contributed by atoms with Crippen molar-refractivity contribution in [2.45, 2.75) is 5.92 Å². The number of ether oxygens (including phenoxy) is 3. The lowest BCUT2D eigenvalue weighted by Gasteiger charge is -2.36. The Morgan fingerprint density at radius 2 is 1.73 bits per heavy atom. The van der Waals surface area contributed by atoms with E-state index in [4.69, 9.17) is 19.9 Å². The molecule has 0 fully saturated rings. The SMILES string of the molecule is COC(=O)C1=C(C(=O)OC)N(c2c(Br)ccc(I)c2OC)C(N)=C(C#N)C1c1ccccc1. The average molecular weight is 624 g/mol. The first kappa shape index (κ1) is 24.6. The standard InChI is InChI=1S/C23H19BrIN3O5/c1-31-20-15(25)10-9-14(24)18(20)28-19(23(30)33-3)17(22(29)32-2)16(13(11-26)21(28)27)12-7-5-4-6-8-12/h4-10,16H,27H2,1-3H3. The van der Waals surface area contributed by atoms with Gasteiger partial charge in [-0.05, 0) is 56.2 Å². The number of methoxy groups -OCH3 is 3. The molecule has 0 saturated heterocycles. The maximum absolute atomic E-state index is 13.1. The highest BCUT2D eigenvalue weighted by Gasteiger charge is 2.44. The molecule has 0 saturated carbocycles. The zero-order chi connectivity index (χ0) is 24.3. The summed E-state index contributed by atoms with van der Waals surface area (Å²) >= 11 is 5.56. The van der Waals surface area contributed by atoms with Crippen molar-refractivity contribution in [1.29, 1.82) is 5.26 Å². The monoisotopic (exact) mass is 623 g/mol. The Morgan fingerprint density at radius 3 is 2.27 bits per heavy atom. The highest BCUT2D eigenvalue weighted by molar-refractivity contribution is 14.1. The minimum absolute atomic E-state index is 0.0413. The highest BCUT2D eigenvalue weighted by Crippen LogP contribution is 2.48. The molecule has 1 atom stereocenters. The maximum atomic E-state index is 13.1. The van der Waals surface area contributed by atoms with Crippen LogP contribution in [0, 0.1) is 14.9 Å². The van der Waals surface area contributed by atoms with Crippen molar-refractivity contribution in [3.8, 4) is 11.8 Å². The zero-order valence-corrected chi connectivity index (χ0v) is 21.6. The molecule has 10 heteroatoms. The van der Waals surface area contributed by atoms with Gasteiger partial charge in [-0.1, -0.05) is 30.3 Å². The minimum atomic E-state index is -0.943. The van der Waals surface area contributed by atoms with Crippen molar-refractivity contribution in [3.05, 3.63) is 78.7 Å². The van der Waals surface area contributed by atoms with Gasteiger partial charge in [0.1, 0.15) is 17.2 Å². The Balaban J connectivity index is 2.51. The van der Waals surface area contributed by atoms with E-state index in [2.05, 4.69) is 44.6 Å². The van der Waals surface area contributed by atoms with Crippen LogP contribution in [0.5, 0.6) is 5.75 Å². The number of nitrogens with zero attached hydrogens (tertiary/aromatic N) is 2. The van der Waals surface area contributed by atoms with Gasteiger partial charge in [0.2, 0.25) is 0 Å². The third kappa shape index (κ3) is 4.30. The fourth-order valence-corrected chi connectivity index (χ4v) is 4.82. The van der Waals surface area contributed by atoms with Gasteiger partial charge in [0, 0.05) is 4.47 Å². The Bertz CT molecular complexity index is 1220. The van der Waals surface area contributed by atoms with Crippen LogP contribution in [0.15, 0.2) is 69.6 Å². The molecule has 170 valence electrons. The van der Waals surface area contributed by atoms with E-state index in [-0.39, 0.29) is 22.7 Å². The Hall–Kier alpha value is -3.04. The summed E-state index contributed by atoms with van der Waals surface area (Å²) in [6.45, 7) is 0. The number of benzene rings is 2. The third-order valence-electron chi connectivity index (χ3n) is 5.07. The average Bonchev–Trinajstić information content (AvgIpc) is 2.84. The number of rotatable bonds is 5. The van der Waals surface area contributed by atoms with Crippen LogP contribution >= 0.6 is 38.5 Å². The maximum Gasteiger partial charge on any atom is 0.355 e. The summed E-state index contributed by atoms with van der Waals surface area (Å²) in [5, 5.41) is 10.1. The number of anilines is 1. The number of hydrogen-bond acceptors (Lipinski definition) is 8. The molecule has 0 aromatic heterocycles. The van der Waals surface area contributed by atoms with E-state index in [1.54, 1.807) is 42.5 Å². The number of carbonyl (C=O) groups is 2. The van der Waals surface area contributed by atoms with Gasteiger partial charge in [-0.3, -0.25) is 4.90 Å². The van der Waals surface area contributed by atoms with Crippen molar-refractivity contribution in [3.63, 3.8) is 0 Å². The van der Waals surface area contributed by atoms with Gasteiger partial charge < -0.3 is 19.9 Å². The quantitative estimate of drug-likeness (QED) is 0.393. The summed E-state index contributed by atoms with van der Waals surface area (Å²) in [5.41, 5.74) is 7.28. The lowest BCUT2D eigenvalue weighted by atomic mass is 9.81. The summed E-state index contributed by atoms with van der Waals surface area (Å²) in [6, 6.07) is 14.5. The molecule has 0 amide bonds. The van der Waals surface area contributed by atoms with Gasteiger partial charge in [-0.15, -0.1) is 0 Å². The molecule has 1 aliphatic rings. The van der Waals surface area contributed by atoms with E-state index in [1.165, 1.54) is 26.2 Å². The van der Waals surface area contributed by atoms with Crippen LogP contribution < -0.4 is 15.4 Å². The molecule has 2 N–H and O–H groups in total. The summed E-state index contributed by atoms with van der Waals surface area (Å²) in [4.78, 5) is 27.6. The van der Waals surface area contributed by atoms with Gasteiger partial charge >= 0.3 is 11.9 Å². The van der Waals surface area contributed by atoms with Crippen molar-refractivity contribution >= 4 is 56.1 Å². The lowest BCUT2D eigenvalue weighted by molar-refractivity contribution is -0.139. The van der Waals surface area contributed by atoms with Crippen LogP contribution in [-0.4, -0.2) is 33.3 Å². The van der Waals surface area contributed by atoms with Crippen molar-refractivity contribution in [2.75, 3.05) is 26.2 Å². The third-order valence-corrected chi connectivity index (χ3v) is 6.56. The smallest absolute Gasteiger partial charge is 0.355 e. The van der Waals surface area contributed by atoms with Crippen LogP contribution in [0.2, 0.25) is 0 Å². The lowest BCUT2D eigenvalue weighted by Crippen LogP contribution is -2.41. The fraction of sp³-hybridized carbons (Fsp3) is 0.174. The molecule has 0 aliphatic carbocycles. The Kier molecular flexibility index (Phi) is 7.65. The van der Waals surface area contributed by atoms with Gasteiger partial charge in [-0.25, -0.2) is 9.59 Å². The van der Waals surface area contributed by atoms with Crippen LogP contribution in [0.1, 0.15) is 11.5 Å². The molecule has 8 nitrogen and oxygen atoms in total. The van der Waals surface area contributed by atoms with Gasteiger partial charge in [0.05, 0.1) is 48.0 Å². The van der Waals surface area contributed by atoms with E-state index in [0.29, 0.717) is 25.0 Å². The topological polar surface area (TPSA) is 115 Å². The molecule has 1 heterocycles. The number of hydrogen-bond donors (Lipinski definition) is 1. The second kappa shape index (κ2) is 10.3. The van der Waals surface area contributed by atoms with E-state index in [0.717, 1.165) is 0 Å². The molecular weight excluding hydrogens is 605 g/mol. The molecule has 0 bridgehead atoms. The number of esters is 2. The molecular formula is C23H19BrIN3O5. The summed E-state index contributed by atoms with van der Waals surface area (Å²) in [7, 11) is 3.87. The van der Waals surface area contributed by atoms with Crippen LogP contribution in [0.4, 0.5) is 5.69 Å². The first-order chi connectivity index (χ1) is 15.8. The first-order valence-corrected chi connectivity index (χ1v) is 11.4. The van der Waals surface area contributed by atoms with Crippen molar-refractivity contribution < 1.29 is 23.8 Å². The predicted octanol–water partition coefficient (Wildman–Crippen LogP) is 3.96. The Labute approximate surface area is 212 Å². The van der Waals surface area contributed by atoms with Crippen LogP contribution in [0.25, 0.3) is 0 Å². The highest BCUT2D eigenvalue weighted by atomic mass is 127. The van der Waals surface area contributed by atoms with E-state index in [1.807, 2.05) is 0 Å². The zero-order valence-electron chi connectivity index (χ0n) is 17.9. The molecule has 1 unspecified atom stereocenters. The molecule has 33 heavy (non-hydrogen) atoms. The molecule has 0 spiro atoms. The Morgan fingerprint density at radius 1 is 1.09 bits per heavy atom. The van der Waals surface area contributed by atoms with Crippen molar-refractivity contribution in [2.24, 2.45) is 5.73 Å². The van der Waals surface area contributed by atoms with Crippen LogP contribution in [-0.2, 0) is 19.1 Å².